The molecule has 1 aliphatic carbocycles. The lowest BCUT2D eigenvalue weighted by Crippen LogP contribution is -2.39. The molecule has 1 amide bonds. The van der Waals surface area contributed by atoms with E-state index in [0.717, 1.165) is 24.3 Å². The number of carboxylic acids is 1. The topological polar surface area (TPSA) is 78.9 Å². The number of carbonyl (C=O) groups excluding carboxylic acids is 1. The van der Waals surface area contributed by atoms with E-state index in [1.54, 1.807) is 18.2 Å². The van der Waals surface area contributed by atoms with E-state index >= 15 is 0 Å². The number of aliphatic carboxylic acids is 1. The summed E-state index contributed by atoms with van der Waals surface area (Å²) in [6, 6.07) is 8.22. The van der Waals surface area contributed by atoms with E-state index in [9.17, 15) is 35.9 Å². The van der Waals surface area contributed by atoms with Gasteiger partial charge in [0.05, 0.1) is 30.3 Å². The predicted octanol–water partition coefficient (Wildman–Crippen LogP) is 6.80. The number of morpholine rings is 1. The van der Waals surface area contributed by atoms with E-state index < -0.39 is 51.7 Å². The summed E-state index contributed by atoms with van der Waals surface area (Å²) in [6.07, 6.45) is -6.86. The number of carbonyl (C=O) groups is 2. The molecule has 2 aliphatic rings. The number of anilines is 1. The van der Waals surface area contributed by atoms with Crippen molar-refractivity contribution in [2.24, 2.45) is 5.92 Å². The number of nitrogens with one attached hydrogen (secondary N) is 1. The van der Waals surface area contributed by atoms with Gasteiger partial charge in [-0.05, 0) is 61.6 Å². The Bertz CT molecular complexity index is 1280. The SMILES string of the molecule is O=C(/C=C/c1ccc(Sc2cccc(N[C@H]3CC[C@@H](C(=O)O)CC3)c2)c(C(F)(F)F)c1C(F)(F)F)N1CCOCC1. The monoisotopic (exact) mass is 602 g/mol. The van der Waals surface area contributed by atoms with Crippen LogP contribution in [0.3, 0.4) is 0 Å². The van der Waals surface area contributed by atoms with Crippen LogP contribution in [0.5, 0.6) is 0 Å². The Balaban J connectivity index is 1.60. The molecule has 2 fully saturated rings. The molecule has 1 aliphatic heterocycles. The van der Waals surface area contributed by atoms with Crippen molar-refractivity contribution in [3.63, 3.8) is 0 Å². The van der Waals surface area contributed by atoms with Crippen molar-refractivity contribution in [2.45, 2.75) is 53.9 Å². The molecule has 1 saturated heterocycles. The van der Waals surface area contributed by atoms with Gasteiger partial charge >= 0.3 is 18.3 Å². The first-order valence-electron chi connectivity index (χ1n) is 13.0. The molecule has 222 valence electrons. The molecular weight excluding hydrogens is 574 g/mol. The second kappa shape index (κ2) is 12.8. The quantitative estimate of drug-likeness (QED) is 0.268. The highest BCUT2D eigenvalue weighted by molar-refractivity contribution is 7.99. The molecule has 0 spiro atoms. The van der Waals surface area contributed by atoms with Gasteiger partial charge in [0.15, 0.2) is 0 Å². The summed E-state index contributed by atoms with van der Waals surface area (Å²) in [7, 11) is 0. The summed E-state index contributed by atoms with van der Waals surface area (Å²) in [6.45, 7) is 0.993. The van der Waals surface area contributed by atoms with Crippen molar-refractivity contribution in [2.75, 3.05) is 31.6 Å². The van der Waals surface area contributed by atoms with E-state index in [1.165, 1.54) is 11.0 Å². The fraction of sp³-hybridized carbons (Fsp3) is 0.429. The standard InChI is InChI=1S/C28H28F6N2O4S/c29-27(30,31)24-17(7-11-23(37)36-12-14-40-15-13-36)6-10-22(25(24)28(32,33)34)41-21-3-1-2-20(16-21)35-19-8-4-18(5-9-19)26(38)39/h1-3,6-7,10-11,16,18-19,35H,4-5,8-9,12-15H2,(H,38,39)/b11-7+/t18-,19+. The fourth-order valence-electron chi connectivity index (χ4n) is 4.96. The van der Waals surface area contributed by atoms with Gasteiger partial charge < -0.3 is 20.1 Å². The Hall–Kier alpha value is -3.19. The maximum atomic E-state index is 14.2. The lowest BCUT2D eigenvalue weighted by atomic mass is 9.86. The molecule has 2 aromatic carbocycles. The van der Waals surface area contributed by atoms with Crippen LogP contribution in [-0.2, 0) is 26.7 Å². The molecule has 41 heavy (non-hydrogen) atoms. The highest BCUT2D eigenvalue weighted by Crippen LogP contribution is 2.48. The molecule has 13 heteroatoms. The molecule has 2 aromatic rings. The van der Waals surface area contributed by atoms with Crippen molar-refractivity contribution in [1.29, 1.82) is 0 Å². The Labute approximate surface area is 236 Å². The molecule has 0 aromatic heterocycles. The molecule has 4 rings (SSSR count). The summed E-state index contributed by atoms with van der Waals surface area (Å²) < 4.78 is 90.2. The third-order valence-corrected chi connectivity index (χ3v) is 8.05. The van der Waals surface area contributed by atoms with Crippen LogP contribution in [0, 0.1) is 5.92 Å². The van der Waals surface area contributed by atoms with Gasteiger partial charge in [0, 0.05) is 40.7 Å². The van der Waals surface area contributed by atoms with Crippen molar-refractivity contribution in [3.05, 3.63) is 59.2 Å². The Morgan fingerprint density at radius 1 is 0.951 bits per heavy atom. The summed E-state index contributed by atoms with van der Waals surface area (Å²) in [5.74, 6) is -1.87. The van der Waals surface area contributed by atoms with Gasteiger partial charge in [0.2, 0.25) is 5.91 Å². The van der Waals surface area contributed by atoms with Crippen LogP contribution in [0.25, 0.3) is 6.08 Å². The maximum Gasteiger partial charge on any atom is 0.418 e. The molecule has 0 atom stereocenters. The van der Waals surface area contributed by atoms with E-state index in [0.29, 0.717) is 48.0 Å². The smallest absolute Gasteiger partial charge is 0.418 e. The van der Waals surface area contributed by atoms with E-state index in [-0.39, 0.29) is 32.3 Å². The average molecular weight is 603 g/mol. The number of ether oxygens (including phenoxy) is 1. The summed E-state index contributed by atoms with van der Waals surface area (Å²) in [5, 5.41) is 12.4. The van der Waals surface area contributed by atoms with Crippen LogP contribution in [0.1, 0.15) is 42.4 Å². The number of halogens is 6. The third-order valence-electron chi connectivity index (χ3n) is 7.00. The van der Waals surface area contributed by atoms with Gasteiger partial charge in [0.1, 0.15) is 0 Å². The first-order chi connectivity index (χ1) is 19.3. The highest BCUT2D eigenvalue weighted by Gasteiger charge is 2.46. The summed E-state index contributed by atoms with van der Waals surface area (Å²) in [4.78, 5) is 24.6. The largest absolute Gasteiger partial charge is 0.481 e. The molecule has 0 unspecified atom stereocenters. The minimum Gasteiger partial charge on any atom is -0.481 e. The van der Waals surface area contributed by atoms with Crippen LogP contribution in [0.2, 0.25) is 0 Å². The van der Waals surface area contributed by atoms with E-state index in [4.69, 9.17) is 9.84 Å². The zero-order valence-electron chi connectivity index (χ0n) is 21.7. The second-order valence-corrected chi connectivity index (χ2v) is 10.9. The number of rotatable bonds is 7. The van der Waals surface area contributed by atoms with Gasteiger partial charge in [-0.2, -0.15) is 26.3 Å². The van der Waals surface area contributed by atoms with Gasteiger partial charge in [-0.1, -0.05) is 23.9 Å². The number of nitrogens with zero attached hydrogens (tertiary/aromatic N) is 1. The van der Waals surface area contributed by atoms with Crippen molar-refractivity contribution >= 4 is 35.4 Å². The van der Waals surface area contributed by atoms with Gasteiger partial charge in [-0.25, -0.2) is 0 Å². The summed E-state index contributed by atoms with van der Waals surface area (Å²) >= 11 is 0.557. The maximum absolute atomic E-state index is 14.2. The van der Waals surface area contributed by atoms with Crippen molar-refractivity contribution in [3.8, 4) is 0 Å². The lowest BCUT2D eigenvalue weighted by molar-refractivity contribution is -0.163. The lowest BCUT2D eigenvalue weighted by Gasteiger charge is -2.27. The van der Waals surface area contributed by atoms with Crippen molar-refractivity contribution in [1.82, 2.24) is 4.90 Å². The number of benzene rings is 2. The van der Waals surface area contributed by atoms with Gasteiger partial charge in [0.25, 0.3) is 0 Å². The Morgan fingerprint density at radius 3 is 2.22 bits per heavy atom. The number of alkyl halides is 6. The van der Waals surface area contributed by atoms with Crippen LogP contribution < -0.4 is 5.32 Å². The fourth-order valence-corrected chi connectivity index (χ4v) is 6.00. The van der Waals surface area contributed by atoms with E-state index in [1.807, 2.05) is 0 Å². The normalized spacial score (nSPS) is 20.3. The first-order valence-corrected chi connectivity index (χ1v) is 13.8. The molecule has 1 saturated carbocycles. The Kier molecular flexibility index (Phi) is 9.58. The first kappa shape index (κ1) is 30.8. The number of amides is 1. The minimum atomic E-state index is -5.35. The van der Waals surface area contributed by atoms with E-state index in [2.05, 4.69) is 5.32 Å². The molecular formula is C28H28F6N2O4S. The van der Waals surface area contributed by atoms with Crippen molar-refractivity contribution < 1.29 is 45.8 Å². The average Bonchev–Trinajstić information content (AvgIpc) is 2.91. The summed E-state index contributed by atoms with van der Waals surface area (Å²) in [5.41, 5.74) is -3.87. The molecule has 6 nitrogen and oxygen atoms in total. The van der Waals surface area contributed by atoms with Crippen LogP contribution in [0.4, 0.5) is 32.0 Å². The Morgan fingerprint density at radius 2 is 1.61 bits per heavy atom. The van der Waals surface area contributed by atoms with Gasteiger partial charge in [-0.3, -0.25) is 9.59 Å². The molecule has 1 heterocycles. The molecule has 0 radical (unpaired) electrons. The number of hydrogen-bond donors (Lipinski definition) is 2. The molecule has 2 N–H and O–H groups in total. The molecule has 0 bridgehead atoms. The zero-order chi connectivity index (χ0) is 29.8. The highest BCUT2D eigenvalue weighted by atomic mass is 32.2. The minimum absolute atomic E-state index is 0.0281. The predicted molar refractivity (Wildman–Crippen MR) is 140 cm³/mol. The van der Waals surface area contributed by atoms with Crippen LogP contribution in [-0.4, -0.2) is 54.2 Å². The van der Waals surface area contributed by atoms with Crippen LogP contribution >= 0.6 is 11.8 Å². The van der Waals surface area contributed by atoms with Gasteiger partial charge in [-0.15, -0.1) is 0 Å². The third kappa shape index (κ3) is 7.97. The van der Waals surface area contributed by atoms with Crippen LogP contribution in [0.15, 0.2) is 52.3 Å². The number of carboxylic acid groups (broad SMARTS) is 1. The second-order valence-electron chi connectivity index (χ2n) is 9.83. The number of hydrogen-bond acceptors (Lipinski definition) is 5. The zero-order valence-corrected chi connectivity index (χ0v) is 22.5.